The predicted octanol–water partition coefficient (Wildman–Crippen LogP) is 3.26. The summed E-state index contributed by atoms with van der Waals surface area (Å²) in [6.45, 7) is 0.541. The van der Waals surface area contributed by atoms with Crippen molar-refractivity contribution >= 4 is 45.6 Å². The minimum atomic E-state index is -0.438. The van der Waals surface area contributed by atoms with Gasteiger partial charge >= 0.3 is 5.97 Å². The van der Waals surface area contributed by atoms with Crippen LogP contribution >= 0.6 is 22.9 Å². The first kappa shape index (κ1) is 20.1. The molecule has 146 valence electrons. The summed E-state index contributed by atoms with van der Waals surface area (Å²) in [5, 5.41) is 12.0. The number of hydrogen-bond donors (Lipinski definition) is 0. The number of nitriles is 1. The van der Waals surface area contributed by atoms with Crippen molar-refractivity contribution in [3.63, 3.8) is 0 Å². The van der Waals surface area contributed by atoms with E-state index >= 15 is 0 Å². The topological polar surface area (TPSA) is 86.5 Å². The average Bonchev–Trinajstić information content (AvgIpc) is 3.37. The maximum absolute atomic E-state index is 12.7. The Morgan fingerprint density at radius 3 is 3.04 bits per heavy atom. The molecule has 0 N–H and O–H groups in total. The zero-order valence-corrected chi connectivity index (χ0v) is 16.7. The summed E-state index contributed by atoms with van der Waals surface area (Å²) >= 11 is 7.47. The molecule has 7 nitrogen and oxygen atoms in total. The van der Waals surface area contributed by atoms with Crippen molar-refractivity contribution in [3.8, 4) is 6.07 Å². The summed E-state index contributed by atoms with van der Waals surface area (Å²) in [5.74, 6) is -0.836. The van der Waals surface area contributed by atoms with Gasteiger partial charge in [0.15, 0.2) is 11.7 Å². The third kappa shape index (κ3) is 4.80. The lowest BCUT2D eigenvalue weighted by atomic mass is 10.2. The molecule has 2 heterocycles. The second-order valence-electron chi connectivity index (χ2n) is 6.21. The third-order valence-electron chi connectivity index (χ3n) is 4.40. The predicted molar refractivity (Wildman–Crippen MR) is 107 cm³/mol. The molecule has 0 bridgehead atoms. The molecule has 1 aromatic carbocycles. The van der Waals surface area contributed by atoms with Gasteiger partial charge < -0.3 is 14.5 Å². The molecule has 2 aromatic rings. The van der Waals surface area contributed by atoms with E-state index in [4.69, 9.17) is 21.6 Å². The average molecular weight is 419 g/mol. The molecule has 0 spiro atoms. The van der Waals surface area contributed by atoms with Gasteiger partial charge in [0.25, 0.3) is 5.91 Å². The molecule has 1 saturated heterocycles. The highest BCUT2D eigenvalue weighted by atomic mass is 35.5. The quantitative estimate of drug-likeness (QED) is 0.641. The number of halogens is 1. The number of amides is 1. The van der Waals surface area contributed by atoms with Crippen LogP contribution in [0, 0.1) is 11.3 Å². The molecule has 1 fully saturated rings. The molecule has 0 saturated carbocycles. The fourth-order valence-electron chi connectivity index (χ4n) is 3.11. The van der Waals surface area contributed by atoms with Gasteiger partial charge in [-0.15, -0.1) is 11.3 Å². The fourth-order valence-corrected chi connectivity index (χ4v) is 4.01. The Morgan fingerprint density at radius 2 is 2.32 bits per heavy atom. The molecule has 1 amide bonds. The lowest BCUT2D eigenvalue weighted by Gasteiger charge is -2.24. The summed E-state index contributed by atoms with van der Waals surface area (Å²) in [5.41, 5.74) is 0.564. The molecular formula is C19H19ClN4O3S. The molecular weight excluding hydrogens is 400 g/mol. The minimum absolute atomic E-state index is 0.159. The first-order valence-electron chi connectivity index (χ1n) is 8.86. The van der Waals surface area contributed by atoms with Crippen LogP contribution in [0.2, 0.25) is 5.02 Å². The van der Waals surface area contributed by atoms with Gasteiger partial charge in [0.1, 0.15) is 6.04 Å². The summed E-state index contributed by atoms with van der Waals surface area (Å²) in [6, 6.07) is 8.38. The molecule has 1 aliphatic rings. The Morgan fingerprint density at radius 1 is 1.46 bits per heavy atom. The first-order chi connectivity index (χ1) is 13.6. The highest BCUT2D eigenvalue weighted by Gasteiger charge is 2.34. The van der Waals surface area contributed by atoms with Gasteiger partial charge in [0, 0.05) is 35.4 Å². The SMILES string of the molecule is N#CCCN(C(=O)COC(=O)C1CCCN1c1nccs1)c1cccc(Cl)c1. The van der Waals surface area contributed by atoms with E-state index in [1.54, 1.807) is 30.5 Å². The zero-order valence-electron chi connectivity index (χ0n) is 15.1. The number of rotatable bonds is 7. The molecule has 1 unspecified atom stereocenters. The van der Waals surface area contributed by atoms with E-state index in [9.17, 15) is 9.59 Å². The largest absolute Gasteiger partial charge is 0.454 e. The van der Waals surface area contributed by atoms with Crippen LogP contribution in [0.5, 0.6) is 0 Å². The maximum atomic E-state index is 12.7. The van der Waals surface area contributed by atoms with E-state index < -0.39 is 17.9 Å². The highest BCUT2D eigenvalue weighted by molar-refractivity contribution is 7.13. The monoisotopic (exact) mass is 418 g/mol. The van der Waals surface area contributed by atoms with Gasteiger partial charge in [0.05, 0.1) is 12.5 Å². The van der Waals surface area contributed by atoms with Crippen LogP contribution < -0.4 is 9.80 Å². The van der Waals surface area contributed by atoms with Crippen LogP contribution in [0.25, 0.3) is 0 Å². The van der Waals surface area contributed by atoms with Crippen molar-refractivity contribution in [3.05, 3.63) is 40.9 Å². The van der Waals surface area contributed by atoms with Crippen LogP contribution in [0.1, 0.15) is 19.3 Å². The maximum Gasteiger partial charge on any atom is 0.329 e. The smallest absolute Gasteiger partial charge is 0.329 e. The summed E-state index contributed by atoms with van der Waals surface area (Å²) in [4.78, 5) is 32.8. The van der Waals surface area contributed by atoms with Gasteiger partial charge in [0.2, 0.25) is 0 Å². The summed E-state index contributed by atoms with van der Waals surface area (Å²) in [7, 11) is 0. The lowest BCUT2D eigenvalue weighted by molar-refractivity contribution is -0.149. The van der Waals surface area contributed by atoms with Crippen molar-refractivity contribution in [2.45, 2.75) is 25.3 Å². The van der Waals surface area contributed by atoms with Gasteiger partial charge in [-0.05, 0) is 31.0 Å². The number of aromatic nitrogens is 1. The zero-order chi connectivity index (χ0) is 19.9. The summed E-state index contributed by atoms with van der Waals surface area (Å²) < 4.78 is 5.32. The number of carbonyl (C=O) groups is 2. The molecule has 0 radical (unpaired) electrons. The minimum Gasteiger partial charge on any atom is -0.454 e. The van der Waals surface area contributed by atoms with Crippen LogP contribution in [0.4, 0.5) is 10.8 Å². The molecule has 1 aromatic heterocycles. The Labute approximate surface area is 172 Å². The number of anilines is 2. The van der Waals surface area contributed by atoms with E-state index in [1.165, 1.54) is 16.2 Å². The molecule has 9 heteroatoms. The van der Waals surface area contributed by atoms with Crippen molar-refractivity contribution < 1.29 is 14.3 Å². The Hall–Kier alpha value is -2.63. The molecule has 28 heavy (non-hydrogen) atoms. The number of carbonyl (C=O) groups excluding carboxylic acids is 2. The van der Waals surface area contributed by atoms with Crippen molar-refractivity contribution in [1.29, 1.82) is 5.26 Å². The first-order valence-corrected chi connectivity index (χ1v) is 10.1. The Balaban J connectivity index is 1.63. The van der Waals surface area contributed by atoms with Gasteiger partial charge in [-0.1, -0.05) is 17.7 Å². The normalized spacial score (nSPS) is 15.9. The second kappa shape index (κ2) is 9.53. The van der Waals surface area contributed by atoms with Crippen LogP contribution in [0.3, 0.4) is 0 Å². The standard InChI is InChI=1S/C19H19ClN4O3S/c20-14-4-1-5-15(12-14)23(10-3-7-21)17(25)13-27-18(26)16-6-2-9-24(16)19-22-8-11-28-19/h1,4-5,8,11-12,16H,2-3,6,9-10,13H2. The molecule has 1 aliphatic heterocycles. The molecule has 3 rings (SSSR count). The lowest BCUT2D eigenvalue weighted by Crippen LogP contribution is -2.40. The second-order valence-corrected chi connectivity index (χ2v) is 7.52. The van der Waals surface area contributed by atoms with Crippen LogP contribution in [-0.2, 0) is 14.3 Å². The number of esters is 1. The van der Waals surface area contributed by atoms with Crippen molar-refractivity contribution in [1.82, 2.24) is 4.98 Å². The van der Waals surface area contributed by atoms with Crippen molar-refractivity contribution in [2.24, 2.45) is 0 Å². The Kier molecular flexibility index (Phi) is 6.85. The molecule has 0 aliphatic carbocycles. The van der Waals surface area contributed by atoms with Gasteiger partial charge in [-0.3, -0.25) is 4.79 Å². The third-order valence-corrected chi connectivity index (χ3v) is 5.44. The van der Waals surface area contributed by atoms with E-state index in [0.29, 0.717) is 17.1 Å². The fraction of sp³-hybridized carbons (Fsp3) is 0.368. The number of thiazole rings is 1. The number of nitrogens with zero attached hydrogens (tertiary/aromatic N) is 4. The number of ether oxygens (including phenoxy) is 1. The van der Waals surface area contributed by atoms with Crippen LogP contribution in [0.15, 0.2) is 35.8 Å². The highest BCUT2D eigenvalue weighted by Crippen LogP contribution is 2.28. The van der Waals surface area contributed by atoms with Gasteiger partial charge in [-0.25, -0.2) is 9.78 Å². The van der Waals surface area contributed by atoms with E-state index in [2.05, 4.69) is 4.98 Å². The number of hydrogen-bond acceptors (Lipinski definition) is 7. The van der Waals surface area contributed by atoms with E-state index in [0.717, 1.165) is 18.1 Å². The Bertz CT molecular complexity index is 868. The molecule has 1 atom stereocenters. The number of benzene rings is 1. The van der Waals surface area contributed by atoms with Crippen molar-refractivity contribution in [2.75, 3.05) is 29.5 Å². The summed E-state index contributed by atoms with van der Waals surface area (Å²) in [6.07, 6.45) is 3.39. The van der Waals surface area contributed by atoms with Crippen LogP contribution in [-0.4, -0.2) is 42.6 Å². The van der Waals surface area contributed by atoms with E-state index in [1.807, 2.05) is 16.3 Å². The van der Waals surface area contributed by atoms with E-state index in [-0.39, 0.29) is 19.6 Å². The van der Waals surface area contributed by atoms with Gasteiger partial charge in [-0.2, -0.15) is 5.26 Å².